The van der Waals surface area contributed by atoms with E-state index in [1.54, 1.807) is 24.1 Å². The topological polar surface area (TPSA) is 82.6 Å². The van der Waals surface area contributed by atoms with E-state index in [-0.39, 0.29) is 17.3 Å². The lowest BCUT2D eigenvalue weighted by Gasteiger charge is -2.19. The Morgan fingerprint density at radius 2 is 2.00 bits per heavy atom. The molecule has 1 aromatic carbocycles. The lowest BCUT2D eigenvalue weighted by atomic mass is 10.3. The highest BCUT2D eigenvalue weighted by atomic mass is 32.2. The summed E-state index contributed by atoms with van der Waals surface area (Å²) in [4.78, 5) is 18.0. The van der Waals surface area contributed by atoms with Gasteiger partial charge in [0.1, 0.15) is 16.5 Å². The molecule has 1 aliphatic heterocycles. The summed E-state index contributed by atoms with van der Waals surface area (Å²) in [6.07, 6.45) is 3.05. The zero-order valence-corrected chi connectivity index (χ0v) is 15.7. The average molecular weight is 392 g/mol. The number of aromatic nitrogens is 1. The quantitative estimate of drug-likeness (QED) is 0.814. The van der Waals surface area contributed by atoms with Crippen LogP contribution in [0.15, 0.2) is 47.5 Å². The highest BCUT2D eigenvalue weighted by Gasteiger charge is 2.27. The van der Waals surface area contributed by atoms with E-state index in [0.29, 0.717) is 24.6 Å². The third-order valence-electron chi connectivity index (χ3n) is 4.30. The normalized spacial score (nSPS) is 14.9. The van der Waals surface area contributed by atoms with Crippen LogP contribution in [-0.2, 0) is 14.8 Å². The van der Waals surface area contributed by atoms with Gasteiger partial charge in [0.2, 0.25) is 15.9 Å². The maximum Gasteiger partial charge on any atom is 0.244 e. The van der Waals surface area contributed by atoms with Crippen molar-refractivity contribution >= 4 is 27.4 Å². The van der Waals surface area contributed by atoms with Gasteiger partial charge in [0.25, 0.3) is 0 Å². The van der Waals surface area contributed by atoms with Crippen LogP contribution in [0.2, 0.25) is 0 Å². The number of nitrogens with zero attached hydrogens (tertiary/aromatic N) is 3. The van der Waals surface area contributed by atoms with Crippen molar-refractivity contribution in [3.63, 3.8) is 0 Å². The van der Waals surface area contributed by atoms with Gasteiger partial charge in [0.15, 0.2) is 0 Å². The first-order valence-corrected chi connectivity index (χ1v) is 10.0. The van der Waals surface area contributed by atoms with Crippen LogP contribution in [0.3, 0.4) is 0 Å². The van der Waals surface area contributed by atoms with E-state index in [2.05, 4.69) is 10.3 Å². The minimum Gasteiger partial charge on any atom is -0.350 e. The number of carbonyl (C=O) groups excluding carboxylic acids is 1. The first kappa shape index (κ1) is 19.2. The van der Waals surface area contributed by atoms with Crippen LogP contribution in [0, 0.1) is 5.82 Å². The number of likely N-dealkylation sites (N-methyl/N-ethyl adjacent to an activating group) is 1. The Morgan fingerprint density at radius 1 is 1.26 bits per heavy atom. The standard InChI is InChI=1S/C18H21FN4O3S/c1-22(13-18(24)21-15-6-4-5-14(19)11-15)17-8-7-16(12-20-17)27(25,26)23-9-2-3-10-23/h4-8,11-12H,2-3,9-10,13H2,1H3,(H,21,24). The molecule has 27 heavy (non-hydrogen) atoms. The number of sulfonamides is 1. The number of hydrogen-bond acceptors (Lipinski definition) is 5. The Bertz CT molecular complexity index is 912. The number of amides is 1. The van der Waals surface area contributed by atoms with Gasteiger partial charge >= 0.3 is 0 Å². The van der Waals surface area contributed by atoms with Gasteiger partial charge in [-0.15, -0.1) is 0 Å². The van der Waals surface area contributed by atoms with Crippen molar-refractivity contribution in [2.45, 2.75) is 17.7 Å². The van der Waals surface area contributed by atoms with Crippen molar-refractivity contribution < 1.29 is 17.6 Å². The second-order valence-electron chi connectivity index (χ2n) is 6.38. The number of carbonyl (C=O) groups is 1. The number of nitrogens with one attached hydrogen (secondary N) is 1. The van der Waals surface area contributed by atoms with Gasteiger partial charge in [-0.1, -0.05) is 6.07 Å². The van der Waals surface area contributed by atoms with Crippen molar-refractivity contribution in [3.8, 4) is 0 Å². The number of hydrogen-bond donors (Lipinski definition) is 1. The molecule has 1 aliphatic rings. The van der Waals surface area contributed by atoms with E-state index in [9.17, 15) is 17.6 Å². The van der Waals surface area contributed by atoms with Gasteiger partial charge in [-0.25, -0.2) is 17.8 Å². The van der Waals surface area contributed by atoms with Gasteiger partial charge in [0, 0.05) is 32.0 Å². The number of rotatable bonds is 6. The first-order valence-electron chi connectivity index (χ1n) is 8.59. The Kier molecular flexibility index (Phi) is 5.71. The monoisotopic (exact) mass is 392 g/mol. The molecular formula is C18H21FN4O3S. The van der Waals surface area contributed by atoms with E-state index in [4.69, 9.17) is 0 Å². The van der Waals surface area contributed by atoms with Crippen LogP contribution in [0.5, 0.6) is 0 Å². The van der Waals surface area contributed by atoms with E-state index in [1.807, 2.05) is 0 Å². The number of pyridine rings is 1. The summed E-state index contributed by atoms with van der Waals surface area (Å²) >= 11 is 0. The molecule has 7 nitrogen and oxygen atoms in total. The summed E-state index contributed by atoms with van der Waals surface area (Å²) in [5.41, 5.74) is 0.369. The summed E-state index contributed by atoms with van der Waals surface area (Å²) in [6.45, 7) is 1.05. The first-order chi connectivity index (χ1) is 12.9. The van der Waals surface area contributed by atoms with Crippen LogP contribution >= 0.6 is 0 Å². The van der Waals surface area contributed by atoms with E-state index in [0.717, 1.165) is 12.8 Å². The molecule has 9 heteroatoms. The van der Waals surface area contributed by atoms with Gasteiger partial charge in [0.05, 0.1) is 6.54 Å². The predicted molar refractivity (Wildman–Crippen MR) is 101 cm³/mol. The van der Waals surface area contributed by atoms with Gasteiger partial charge in [-0.05, 0) is 43.2 Å². The van der Waals surface area contributed by atoms with Gasteiger partial charge in [-0.3, -0.25) is 4.79 Å². The molecule has 0 radical (unpaired) electrons. The van der Waals surface area contributed by atoms with Crippen LogP contribution in [0.1, 0.15) is 12.8 Å². The summed E-state index contributed by atoms with van der Waals surface area (Å²) in [7, 11) is -1.84. The van der Waals surface area contributed by atoms with Crippen molar-refractivity contribution in [3.05, 3.63) is 48.4 Å². The summed E-state index contributed by atoms with van der Waals surface area (Å²) < 4.78 is 39.6. The Hall–Kier alpha value is -2.52. The van der Waals surface area contributed by atoms with Crippen LogP contribution < -0.4 is 10.2 Å². The molecule has 1 amide bonds. The van der Waals surface area contributed by atoms with Crippen molar-refractivity contribution in [2.75, 3.05) is 36.9 Å². The van der Waals surface area contributed by atoms with E-state index < -0.39 is 15.8 Å². The van der Waals surface area contributed by atoms with Gasteiger partial charge < -0.3 is 10.2 Å². The third-order valence-corrected chi connectivity index (χ3v) is 6.19. The smallest absolute Gasteiger partial charge is 0.244 e. The molecule has 0 atom stereocenters. The van der Waals surface area contributed by atoms with E-state index >= 15 is 0 Å². The molecule has 2 aromatic rings. The van der Waals surface area contributed by atoms with Crippen molar-refractivity contribution in [2.24, 2.45) is 0 Å². The lowest BCUT2D eigenvalue weighted by molar-refractivity contribution is -0.114. The number of anilines is 2. The fourth-order valence-corrected chi connectivity index (χ4v) is 4.35. The summed E-state index contributed by atoms with van der Waals surface area (Å²) in [6, 6.07) is 8.69. The van der Waals surface area contributed by atoms with Crippen LogP contribution in [0.25, 0.3) is 0 Å². The van der Waals surface area contributed by atoms with Crippen LogP contribution in [-0.4, -0.2) is 50.3 Å². The number of benzene rings is 1. The van der Waals surface area contributed by atoms with E-state index in [1.165, 1.54) is 34.8 Å². The summed E-state index contributed by atoms with van der Waals surface area (Å²) in [5.74, 6) is -0.305. The second-order valence-corrected chi connectivity index (χ2v) is 8.32. The molecule has 1 N–H and O–H groups in total. The van der Waals surface area contributed by atoms with Crippen LogP contribution in [0.4, 0.5) is 15.9 Å². The Balaban J connectivity index is 1.63. The molecule has 1 aromatic heterocycles. The Labute approximate surface area is 157 Å². The fraction of sp³-hybridized carbons (Fsp3) is 0.333. The molecule has 1 saturated heterocycles. The lowest BCUT2D eigenvalue weighted by Crippen LogP contribution is -2.31. The van der Waals surface area contributed by atoms with Gasteiger partial charge in [-0.2, -0.15) is 4.31 Å². The molecule has 0 aliphatic carbocycles. The molecule has 1 fully saturated rings. The van der Waals surface area contributed by atoms with Crippen molar-refractivity contribution in [1.82, 2.24) is 9.29 Å². The SMILES string of the molecule is CN(CC(=O)Nc1cccc(F)c1)c1ccc(S(=O)(=O)N2CCCC2)cn1. The molecule has 2 heterocycles. The molecule has 0 unspecified atom stereocenters. The maximum absolute atomic E-state index is 13.2. The Morgan fingerprint density at radius 3 is 2.63 bits per heavy atom. The summed E-state index contributed by atoms with van der Waals surface area (Å²) in [5, 5.41) is 2.61. The largest absolute Gasteiger partial charge is 0.350 e. The zero-order chi connectivity index (χ0) is 19.4. The molecule has 0 bridgehead atoms. The molecule has 3 rings (SSSR count). The minimum absolute atomic E-state index is 0.0122. The zero-order valence-electron chi connectivity index (χ0n) is 14.9. The highest BCUT2D eigenvalue weighted by Crippen LogP contribution is 2.21. The highest BCUT2D eigenvalue weighted by molar-refractivity contribution is 7.89. The maximum atomic E-state index is 13.2. The second kappa shape index (κ2) is 8.01. The average Bonchev–Trinajstić information content (AvgIpc) is 3.17. The minimum atomic E-state index is -3.51. The molecule has 0 spiro atoms. The molecular weight excluding hydrogens is 371 g/mol. The predicted octanol–water partition coefficient (Wildman–Crippen LogP) is 2.08. The van der Waals surface area contributed by atoms with Crippen molar-refractivity contribution in [1.29, 1.82) is 0 Å². The third kappa shape index (κ3) is 4.61. The fourth-order valence-electron chi connectivity index (χ4n) is 2.89. The molecule has 0 saturated carbocycles. The number of halogens is 1. The molecule has 144 valence electrons.